The number of aliphatic hydroxyl groups is 1. The molecule has 0 amide bonds. The molecule has 1 aliphatic rings. The lowest BCUT2D eigenvalue weighted by Crippen LogP contribution is -2.38. The maximum atomic E-state index is 9.42. The number of rotatable bonds is 8. The first kappa shape index (κ1) is 18.2. The van der Waals surface area contributed by atoms with E-state index in [4.69, 9.17) is 4.98 Å². The highest BCUT2D eigenvalue weighted by Crippen LogP contribution is 2.24. The molecule has 1 N–H and O–H groups in total. The molecule has 1 fully saturated rings. The Hall–Kier alpha value is -1.65. The standard InChI is InChI=1S/C21H31N3O/c1-2-3-11-20-21(19-9-5-4-6-10-19)22-17-24(20)14-13-23-12-7-8-18(15-23)16-25/h4-6,9-10,17-18,25H,2-3,7-8,11-16H2,1H3/t18-/m0/s1. The van der Waals surface area contributed by atoms with Crippen molar-refractivity contribution in [1.29, 1.82) is 0 Å². The molecular formula is C21H31N3O. The highest BCUT2D eigenvalue weighted by atomic mass is 16.3. The average Bonchev–Trinajstić information content (AvgIpc) is 3.08. The summed E-state index contributed by atoms with van der Waals surface area (Å²) in [4.78, 5) is 7.23. The van der Waals surface area contributed by atoms with E-state index in [1.54, 1.807) is 0 Å². The monoisotopic (exact) mass is 341 g/mol. The van der Waals surface area contributed by atoms with Crippen LogP contribution in [0, 0.1) is 5.92 Å². The van der Waals surface area contributed by atoms with Crippen molar-refractivity contribution in [2.75, 3.05) is 26.2 Å². The normalized spacial score (nSPS) is 18.6. The number of likely N-dealkylation sites (tertiary alicyclic amines) is 1. The van der Waals surface area contributed by atoms with Gasteiger partial charge in [0.15, 0.2) is 0 Å². The molecule has 1 aromatic heterocycles. The first-order valence-corrected chi connectivity index (χ1v) is 9.74. The van der Waals surface area contributed by atoms with Crippen LogP contribution in [0.25, 0.3) is 11.3 Å². The van der Waals surface area contributed by atoms with Crippen LogP contribution in [0.2, 0.25) is 0 Å². The predicted octanol–water partition coefficient (Wildman–Crippen LogP) is 3.60. The Labute approximate surface area is 151 Å². The quantitative estimate of drug-likeness (QED) is 0.798. The second-order valence-electron chi connectivity index (χ2n) is 7.19. The van der Waals surface area contributed by atoms with Crippen molar-refractivity contribution >= 4 is 0 Å². The number of nitrogens with zero attached hydrogens (tertiary/aromatic N) is 3. The van der Waals surface area contributed by atoms with Crippen molar-refractivity contribution in [3.63, 3.8) is 0 Å². The molecule has 0 bridgehead atoms. The molecule has 0 radical (unpaired) electrons. The Morgan fingerprint density at radius 1 is 1.20 bits per heavy atom. The zero-order valence-electron chi connectivity index (χ0n) is 15.4. The Bertz CT molecular complexity index is 638. The van der Waals surface area contributed by atoms with Crippen LogP contribution in [0.3, 0.4) is 0 Å². The van der Waals surface area contributed by atoms with Crippen molar-refractivity contribution in [2.24, 2.45) is 5.92 Å². The van der Waals surface area contributed by atoms with Crippen LogP contribution >= 0.6 is 0 Å². The predicted molar refractivity (Wildman–Crippen MR) is 103 cm³/mol. The molecule has 0 unspecified atom stereocenters. The molecule has 1 atom stereocenters. The molecule has 25 heavy (non-hydrogen) atoms. The molecule has 0 aliphatic carbocycles. The van der Waals surface area contributed by atoms with Crippen molar-refractivity contribution in [1.82, 2.24) is 14.5 Å². The lowest BCUT2D eigenvalue weighted by atomic mass is 9.99. The average molecular weight is 341 g/mol. The SMILES string of the molecule is CCCCc1c(-c2ccccc2)ncn1CCN1CCC[C@H](CO)C1. The third-order valence-corrected chi connectivity index (χ3v) is 5.28. The lowest BCUT2D eigenvalue weighted by molar-refractivity contribution is 0.117. The lowest BCUT2D eigenvalue weighted by Gasteiger charge is -2.31. The fraction of sp³-hybridized carbons (Fsp3) is 0.571. The summed E-state index contributed by atoms with van der Waals surface area (Å²) in [6, 6.07) is 10.5. The van der Waals surface area contributed by atoms with Crippen molar-refractivity contribution in [3.8, 4) is 11.3 Å². The van der Waals surface area contributed by atoms with Crippen LogP contribution in [0.15, 0.2) is 36.7 Å². The smallest absolute Gasteiger partial charge is 0.0956 e. The van der Waals surface area contributed by atoms with Gasteiger partial charge in [-0.2, -0.15) is 0 Å². The Morgan fingerprint density at radius 3 is 2.80 bits per heavy atom. The molecule has 136 valence electrons. The van der Waals surface area contributed by atoms with Crippen LogP contribution in [0.4, 0.5) is 0 Å². The van der Waals surface area contributed by atoms with E-state index in [2.05, 4.69) is 46.7 Å². The first-order valence-electron chi connectivity index (χ1n) is 9.74. The fourth-order valence-corrected chi connectivity index (χ4v) is 3.80. The summed E-state index contributed by atoms with van der Waals surface area (Å²) in [6.07, 6.45) is 7.86. The highest BCUT2D eigenvalue weighted by Gasteiger charge is 2.19. The number of aliphatic hydroxyl groups excluding tert-OH is 1. The minimum atomic E-state index is 0.321. The molecule has 4 nitrogen and oxygen atoms in total. The third kappa shape index (κ3) is 4.71. The summed E-state index contributed by atoms with van der Waals surface area (Å²) in [7, 11) is 0. The summed E-state index contributed by atoms with van der Waals surface area (Å²) < 4.78 is 2.35. The maximum absolute atomic E-state index is 9.42. The fourth-order valence-electron chi connectivity index (χ4n) is 3.80. The Balaban J connectivity index is 1.71. The summed E-state index contributed by atoms with van der Waals surface area (Å²) in [5, 5.41) is 9.42. The van der Waals surface area contributed by atoms with Gasteiger partial charge in [0.25, 0.3) is 0 Å². The van der Waals surface area contributed by atoms with E-state index < -0.39 is 0 Å². The van der Waals surface area contributed by atoms with Gasteiger partial charge in [-0.15, -0.1) is 0 Å². The van der Waals surface area contributed by atoms with Crippen molar-refractivity contribution < 1.29 is 5.11 Å². The topological polar surface area (TPSA) is 41.3 Å². The van der Waals surface area contributed by atoms with Gasteiger partial charge in [-0.05, 0) is 38.1 Å². The summed E-state index contributed by atoms with van der Waals surface area (Å²) in [6.45, 7) is 6.77. The van der Waals surface area contributed by atoms with Gasteiger partial charge in [-0.3, -0.25) is 0 Å². The zero-order chi connectivity index (χ0) is 17.5. The van der Waals surface area contributed by atoms with Gasteiger partial charge in [0.05, 0.1) is 12.0 Å². The summed E-state index contributed by atoms with van der Waals surface area (Å²) in [5.41, 5.74) is 3.72. The largest absolute Gasteiger partial charge is 0.396 e. The van der Waals surface area contributed by atoms with Gasteiger partial charge in [0.1, 0.15) is 0 Å². The number of piperidine rings is 1. The molecular weight excluding hydrogens is 310 g/mol. The second kappa shape index (κ2) is 9.16. The minimum absolute atomic E-state index is 0.321. The number of benzene rings is 1. The van der Waals surface area contributed by atoms with Gasteiger partial charge in [-0.25, -0.2) is 4.98 Å². The summed E-state index contributed by atoms with van der Waals surface area (Å²) >= 11 is 0. The molecule has 4 heteroatoms. The highest BCUT2D eigenvalue weighted by molar-refractivity contribution is 5.61. The number of imidazole rings is 1. The zero-order valence-corrected chi connectivity index (χ0v) is 15.4. The van der Waals surface area contributed by atoms with E-state index in [9.17, 15) is 5.11 Å². The van der Waals surface area contributed by atoms with E-state index in [1.807, 2.05) is 6.33 Å². The van der Waals surface area contributed by atoms with Crippen LogP contribution in [0.5, 0.6) is 0 Å². The molecule has 0 spiro atoms. The maximum Gasteiger partial charge on any atom is 0.0956 e. The van der Waals surface area contributed by atoms with E-state index in [0.29, 0.717) is 12.5 Å². The van der Waals surface area contributed by atoms with E-state index in [0.717, 1.165) is 44.7 Å². The molecule has 2 heterocycles. The molecule has 0 saturated carbocycles. The van der Waals surface area contributed by atoms with Crippen molar-refractivity contribution in [3.05, 3.63) is 42.4 Å². The van der Waals surface area contributed by atoms with Crippen LogP contribution < -0.4 is 0 Å². The van der Waals surface area contributed by atoms with E-state index in [1.165, 1.54) is 30.5 Å². The van der Waals surface area contributed by atoms with Crippen LogP contribution in [0.1, 0.15) is 38.3 Å². The Kier molecular flexibility index (Phi) is 6.65. The van der Waals surface area contributed by atoms with Crippen molar-refractivity contribution in [2.45, 2.75) is 45.6 Å². The van der Waals surface area contributed by atoms with Gasteiger partial charge in [0, 0.05) is 37.5 Å². The molecule has 1 aliphatic heterocycles. The van der Waals surface area contributed by atoms with Gasteiger partial charge in [0.2, 0.25) is 0 Å². The second-order valence-corrected chi connectivity index (χ2v) is 7.19. The van der Waals surface area contributed by atoms with Gasteiger partial charge in [-0.1, -0.05) is 43.7 Å². The minimum Gasteiger partial charge on any atom is -0.396 e. The molecule has 1 aromatic carbocycles. The number of aromatic nitrogens is 2. The van der Waals surface area contributed by atoms with E-state index >= 15 is 0 Å². The van der Waals surface area contributed by atoms with E-state index in [-0.39, 0.29) is 0 Å². The molecule has 3 rings (SSSR count). The number of hydrogen-bond donors (Lipinski definition) is 1. The Morgan fingerprint density at radius 2 is 2.04 bits per heavy atom. The molecule has 1 saturated heterocycles. The van der Waals surface area contributed by atoms with Gasteiger partial charge < -0.3 is 14.6 Å². The van der Waals surface area contributed by atoms with Crippen LogP contribution in [-0.2, 0) is 13.0 Å². The van der Waals surface area contributed by atoms with Gasteiger partial charge >= 0.3 is 0 Å². The number of unbranched alkanes of at least 4 members (excludes halogenated alkanes) is 1. The van der Waals surface area contributed by atoms with Crippen LogP contribution in [-0.4, -0.2) is 45.8 Å². The molecule has 2 aromatic rings. The number of hydrogen-bond acceptors (Lipinski definition) is 3. The third-order valence-electron chi connectivity index (χ3n) is 5.28. The first-order chi connectivity index (χ1) is 12.3. The summed E-state index contributed by atoms with van der Waals surface area (Å²) in [5.74, 6) is 0.455.